The van der Waals surface area contributed by atoms with Gasteiger partial charge in [-0.2, -0.15) is 8.42 Å². The Labute approximate surface area is 421 Å². The predicted molar refractivity (Wildman–Crippen MR) is 263 cm³/mol. The van der Waals surface area contributed by atoms with Crippen molar-refractivity contribution in [3.63, 3.8) is 0 Å². The van der Waals surface area contributed by atoms with Crippen molar-refractivity contribution in [2.75, 3.05) is 33.7 Å². The predicted octanol–water partition coefficient (Wildman–Crippen LogP) is 5.95. The highest BCUT2D eigenvalue weighted by molar-refractivity contribution is 7.99. The number of carbonyl (C=O) groups is 1. The first-order valence-electron chi connectivity index (χ1n) is 23.8. The van der Waals surface area contributed by atoms with Crippen LogP contribution in [0.4, 0.5) is 0 Å². The molecule has 0 amide bonds. The average Bonchev–Trinajstić information content (AvgIpc) is 3.42. The molecule has 8 aliphatic rings. The zero-order valence-corrected chi connectivity index (χ0v) is 43.5. The highest BCUT2D eigenvalue weighted by Crippen LogP contribution is 2.78. The number of hydrogen-bond acceptors (Lipinski definition) is 14. The standard InChI is InChI=1S/C32H49NO9.C18H18ClNS.ClH.H2O4S/c1-6-18(3)25(35)41-24-11-12-26(4)19-8-9-20-28(37)13-23(34)31(39)21(29(28,38)16-30(20,26)42-32(19,24)40)15-33-14-17(2)7-10-22(33)27(31,5)36;1-20(2)11-5-7-14-15-6-3-4-8-17(15)21-18-10-9-13(19)12-16(14)18;;1-5(2,3)4/h6,17,19-24,34,36-40H,7-16H2,1-5H3;3-4,6-10,12H,5,11H2,1-2H3;1H;(H2,1,2,3,4). The van der Waals surface area contributed by atoms with Crippen LogP contribution >= 0.6 is 35.8 Å². The maximum absolute atomic E-state index is 12.9. The van der Waals surface area contributed by atoms with E-state index in [-0.39, 0.29) is 37.8 Å². The lowest BCUT2D eigenvalue weighted by Crippen LogP contribution is -2.85. The second kappa shape index (κ2) is 19.0. The van der Waals surface area contributed by atoms with Crippen molar-refractivity contribution >= 4 is 57.7 Å². The van der Waals surface area contributed by atoms with Crippen LogP contribution in [0.15, 0.2) is 70.0 Å². The van der Waals surface area contributed by atoms with Crippen LogP contribution in [-0.4, -0.2) is 150 Å². The first-order chi connectivity index (χ1) is 31.6. The molecule has 7 fully saturated rings. The molecule has 4 heterocycles. The van der Waals surface area contributed by atoms with Gasteiger partial charge in [-0.15, -0.1) is 12.4 Å². The lowest BCUT2D eigenvalue weighted by atomic mass is 9.49. The second-order valence-corrected chi connectivity index (χ2v) is 24.0. The molecule has 4 bridgehead atoms. The van der Waals surface area contributed by atoms with E-state index in [0.717, 1.165) is 24.4 Å². The molecule has 4 saturated carbocycles. The summed E-state index contributed by atoms with van der Waals surface area (Å²) >= 11 is 8.03. The Kier molecular flexibility index (Phi) is 15.0. The Bertz CT molecular complexity index is 2470. The number of halogens is 2. The molecule has 69 heavy (non-hydrogen) atoms. The van der Waals surface area contributed by atoms with E-state index in [4.69, 9.17) is 38.6 Å². The number of allylic oxidation sites excluding steroid dienone is 1. The Morgan fingerprint density at radius 2 is 1.59 bits per heavy atom. The summed E-state index contributed by atoms with van der Waals surface area (Å²) in [6.07, 6.45) is 5.67. The number of ether oxygens (including phenoxy) is 2. The summed E-state index contributed by atoms with van der Waals surface area (Å²) in [5.41, 5.74) is -5.08. The summed E-state index contributed by atoms with van der Waals surface area (Å²) in [4.78, 5) is 19.7. The third kappa shape index (κ3) is 8.68. The van der Waals surface area contributed by atoms with Gasteiger partial charge in [-0.3, -0.25) is 14.0 Å². The van der Waals surface area contributed by atoms with Crippen molar-refractivity contribution in [2.45, 2.75) is 154 Å². The van der Waals surface area contributed by atoms with Crippen LogP contribution in [0.25, 0.3) is 5.57 Å². The lowest BCUT2D eigenvalue weighted by molar-refractivity contribution is -0.354. The number of carbonyl (C=O) groups excluding carboxylic acids is 1. The molecule has 10 rings (SSSR count). The largest absolute Gasteiger partial charge is 0.453 e. The Balaban J connectivity index is 0.000000217. The van der Waals surface area contributed by atoms with Crippen LogP contribution in [0.1, 0.15) is 104 Å². The van der Waals surface area contributed by atoms with E-state index in [0.29, 0.717) is 50.1 Å². The van der Waals surface area contributed by atoms with Crippen LogP contribution in [0.5, 0.6) is 0 Å². The smallest absolute Gasteiger partial charge is 0.394 e. The van der Waals surface area contributed by atoms with Gasteiger partial charge in [-0.05, 0) is 127 Å². The topological polar surface area (TPSA) is 238 Å². The molecule has 1 spiro atoms. The molecule has 2 aromatic carbocycles. The zero-order chi connectivity index (χ0) is 49.8. The van der Waals surface area contributed by atoms with Gasteiger partial charge in [0, 0.05) is 82.1 Å². The van der Waals surface area contributed by atoms with Crippen molar-refractivity contribution in [3.8, 4) is 0 Å². The van der Waals surface area contributed by atoms with E-state index in [1.807, 2.05) is 24.8 Å². The molecular weight excluding hydrogens is 972 g/mol. The highest BCUT2D eigenvalue weighted by Gasteiger charge is 2.88. The van der Waals surface area contributed by atoms with E-state index in [9.17, 15) is 35.4 Å². The van der Waals surface area contributed by atoms with Gasteiger partial charge in [0.25, 0.3) is 0 Å². The summed E-state index contributed by atoms with van der Waals surface area (Å²) in [5.74, 6) is -4.05. The third-order valence-electron chi connectivity index (χ3n) is 17.6. The van der Waals surface area contributed by atoms with Gasteiger partial charge in [0.05, 0.1) is 11.7 Å². The zero-order valence-electron chi connectivity index (χ0n) is 40.3. The minimum Gasteiger partial charge on any atom is -0.453 e. The molecule has 19 heteroatoms. The number of nitrogens with zero attached hydrogens (tertiary/aromatic N) is 2. The van der Waals surface area contributed by atoms with Crippen LogP contribution in [0, 0.1) is 29.1 Å². The van der Waals surface area contributed by atoms with E-state index >= 15 is 0 Å². The number of esters is 1. The van der Waals surface area contributed by atoms with Crippen LogP contribution < -0.4 is 0 Å². The van der Waals surface area contributed by atoms with Gasteiger partial charge >= 0.3 is 16.4 Å². The fourth-order valence-corrected chi connectivity index (χ4v) is 15.6. The number of rotatable bonds is 5. The molecule has 2 aromatic rings. The number of fused-ring (bicyclic) bond motifs is 7. The number of aliphatic hydroxyl groups is 6. The first-order valence-corrected chi connectivity index (χ1v) is 26.4. The van der Waals surface area contributed by atoms with E-state index in [2.05, 4.69) is 73.3 Å². The Morgan fingerprint density at radius 1 is 0.942 bits per heavy atom. The number of aliphatic hydroxyl groups excluding tert-OH is 1. The van der Waals surface area contributed by atoms with E-state index < -0.39 is 85.5 Å². The number of benzene rings is 2. The van der Waals surface area contributed by atoms with Crippen LogP contribution in [0.2, 0.25) is 5.02 Å². The molecule has 4 aliphatic carbocycles. The van der Waals surface area contributed by atoms with Crippen LogP contribution in [0.3, 0.4) is 0 Å². The highest BCUT2D eigenvalue weighted by atomic mass is 35.5. The van der Waals surface area contributed by atoms with Crippen molar-refractivity contribution in [3.05, 3.63) is 76.3 Å². The van der Waals surface area contributed by atoms with Gasteiger partial charge in [-0.1, -0.05) is 67.6 Å². The molecule has 0 radical (unpaired) electrons. The summed E-state index contributed by atoms with van der Waals surface area (Å²) in [6.45, 7) is 11.1. The molecule has 3 saturated heterocycles. The maximum atomic E-state index is 12.9. The molecule has 0 aromatic heterocycles. The van der Waals surface area contributed by atoms with E-state index in [1.54, 1.807) is 26.8 Å². The third-order valence-corrected chi connectivity index (χ3v) is 19.0. The van der Waals surface area contributed by atoms with Crippen molar-refractivity contribution < 1.29 is 62.4 Å². The Hall–Kier alpha value is -2.17. The molecule has 14 atom stereocenters. The fourth-order valence-electron chi connectivity index (χ4n) is 14.3. The van der Waals surface area contributed by atoms with Gasteiger partial charge < -0.3 is 45.0 Å². The molecular formula is C50H70Cl2N2O13S2. The molecule has 8 N–H and O–H groups in total. The Morgan fingerprint density at radius 3 is 2.26 bits per heavy atom. The number of hydrogen-bond donors (Lipinski definition) is 8. The molecule has 15 nitrogen and oxygen atoms in total. The molecule has 14 unspecified atom stereocenters. The molecule has 4 aliphatic heterocycles. The second-order valence-electron chi connectivity index (χ2n) is 21.6. The number of piperidine rings is 2. The SMILES string of the molecule is CC=C(C)C(=O)OC1CCC2(C)C3CCC4C5(O)CC(O)C6(O)C(CN7CC(C)CCC7C6(C)O)C5(O)CC42OC13O.CN(C)CCC=C1c2ccccc2Sc2ccc(Cl)cc21.Cl.O=S(=O)(O)O. The minimum absolute atomic E-state index is 0. The van der Waals surface area contributed by atoms with Gasteiger partial charge in [0.2, 0.25) is 5.79 Å². The fraction of sp³-hybridized carbons (Fsp3) is 0.660. The first kappa shape index (κ1) is 54.6. The quantitative estimate of drug-likeness (QED) is 0.0838. The normalized spacial score (nSPS) is 42.1. The molecule has 384 valence electrons. The monoisotopic (exact) mass is 1040 g/mol. The van der Waals surface area contributed by atoms with Crippen molar-refractivity contribution in [1.29, 1.82) is 0 Å². The van der Waals surface area contributed by atoms with Gasteiger partial charge in [0.1, 0.15) is 22.4 Å². The van der Waals surface area contributed by atoms with Gasteiger partial charge in [0.15, 0.2) is 6.10 Å². The maximum Gasteiger partial charge on any atom is 0.394 e. The van der Waals surface area contributed by atoms with Crippen LogP contribution in [-0.2, 0) is 24.7 Å². The average molecular weight is 1040 g/mol. The minimum atomic E-state index is -4.67. The summed E-state index contributed by atoms with van der Waals surface area (Å²) in [7, 11) is -0.456. The van der Waals surface area contributed by atoms with Crippen molar-refractivity contribution in [2.24, 2.45) is 29.1 Å². The summed E-state index contributed by atoms with van der Waals surface area (Å²) < 4.78 is 44.2. The lowest BCUT2D eigenvalue weighted by Gasteiger charge is -2.68. The van der Waals surface area contributed by atoms with E-state index in [1.165, 1.54) is 26.5 Å². The van der Waals surface area contributed by atoms with Crippen molar-refractivity contribution in [1.82, 2.24) is 9.80 Å². The summed E-state index contributed by atoms with van der Waals surface area (Å²) in [6, 6.07) is 14.4. The summed E-state index contributed by atoms with van der Waals surface area (Å²) in [5, 5.41) is 74.7. The van der Waals surface area contributed by atoms with Gasteiger partial charge in [-0.25, -0.2) is 4.79 Å².